The average Bonchev–Trinajstić information content (AvgIpc) is 2.91. The maximum atomic E-state index is 11.7. The summed E-state index contributed by atoms with van der Waals surface area (Å²) in [5, 5.41) is 12.7. The highest BCUT2D eigenvalue weighted by Gasteiger charge is 2.32. The zero-order valence-corrected chi connectivity index (χ0v) is 11.5. The fraction of sp³-hybridized carbons (Fsp3) is 0.400. The Labute approximate surface area is 118 Å². The molecule has 5 heteroatoms. The lowest BCUT2D eigenvalue weighted by Crippen LogP contribution is -2.42. The minimum Gasteiger partial charge on any atom is -0.497 e. The molecular formula is C15H19NO4. The number of aliphatic hydroxyl groups is 1. The molecule has 1 amide bonds. The smallest absolute Gasteiger partial charge is 0.244 e. The van der Waals surface area contributed by atoms with Crippen molar-refractivity contribution in [2.24, 2.45) is 0 Å². The number of amides is 1. The standard InChI is InChI=1S/C15H19NO4/c1-19-13-5-2-12(3-6-13)4-7-14(17)16-10-15(18)8-9-20-11-15/h2-7,18H,8-11H2,1H3,(H,16,17)/b7-4+. The normalized spacial score (nSPS) is 22.1. The Kier molecular flexibility index (Phi) is 4.76. The Bertz CT molecular complexity index is 475. The van der Waals surface area contributed by atoms with Crippen LogP contribution < -0.4 is 10.1 Å². The molecule has 1 saturated heterocycles. The summed E-state index contributed by atoms with van der Waals surface area (Å²) >= 11 is 0. The van der Waals surface area contributed by atoms with Gasteiger partial charge in [0, 0.05) is 25.6 Å². The summed E-state index contributed by atoms with van der Waals surface area (Å²) in [6.07, 6.45) is 3.71. The van der Waals surface area contributed by atoms with Gasteiger partial charge in [-0.1, -0.05) is 12.1 Å². The molecule has 5 nitrogen and oxygen atoms in total. The van der Waals surface area contributed by atoms with E-state index in [-0.39, 0.29) is 19.1 Å². The third-order valence-corrected chi connectivity index (χ3v) is 3.22. The van der Waals surface area contributed by atoms with Crippen LogP contribution in [0.3, 0.4) is 0 Å². The second kappa shape index (κ2) is 6.54. The molecule has 2 N–H and O–H groups in total. The highest BCUT2D eigenvalue weighted by atomic mass is 16.5. The van der Waals surface area contributed by atoms with Crippen LogP contribution in [0.5, 0.6) is 5.75 Å². The van der Waals surface area contributed by atoms with Crippen LogP contribution in [0.15, 0.2) is 30.3 Å². The van der Waals surface area contributed by atoms with Gasteiger partial charge < -0.3 is 19.9 Å². The first-order valence-corrected chi connectivity index (χ1v) is 6.51. The fourth-order valence-corrected chi connectivity index (χ4v) is 1.93. The molecule has 1 heterocycles. The predicted molar refractivity (Wildman–Crippen MR) is 75.4 cm³/mol. The molecule has 20 heavy (non-hydrogen) atoms. The first-order valence-electron chi connectivity index (χ1n) is 6.51. The molecule has 1 atom stereocenters. The van der Waals surface area contributed by atoms with Gasteiger partial charge in [0.1, 0.15) is 11.4 Å². The molecule has 0 radical (unpaired) electrons. The summed E-state index contributed by atoms with van der Waals surface area (Å²) in [5.41, 5.74) is -0.0206. The van der Waals surface area contributed by atoms with Crippen molar-refractivity contribution in [2.75, 3.05) is 26.9 Å². The summed E-state index contributed by atoms with van der Waals surface area (Å²) in [6, 6.07) is 7.38. The van der Waals surface area contributed by atoms with Gasteiger partial charge in [-0.25, -0.2) is 0 Å². The molecule has 2 rings (SSSR count). The molecular weight excluding hydrogens is 258 g/mol. The van der Waals surface area contributed by atoms with Gasteiger partial charge in [0.05, 0.1) is 13.7 Å². The number of carbonyl (C=O) groups is 1. The minimum atomic E-state index is -0.927. The van der Waals surface area contributed by atoms with Crippen molar-refractivity contribution in [3.05, 3.63) is 35.9 Å². The SMILES string of the molecule is COc1ccc(/C=C/C(=O)NCC2(O)CCOC2)cc1. The van der Waals surface area contributed by atoms with E-state index in [0.29, 0.717) is 13.0 Å². The molecule has 1 aliphatic rings. The van der Waals surface area contributed by atoms with E-state index in [0.717, 1.165) is 11.3 Å². The number of carbonyl (C=O) groups excluding carboxylic acids is 1. The quantitative estimate of drug-likeness (QED) is 0.787. The van der Waals surface area contributed by atoms with Gasteiger partial charge in [-0.2, -0.15) is 0 Å². The molecule has 0 bridgehead atoms. The molecule has 108 valence electrons. The first-order chi connectivity index (χ1) is 9.61. The number of ether oxygens (including phenoxy) is 2. The number of hydrogen-bond donors (Lipinski definition) is 2. The number of benzene rings is 1. The van der Waals surface area contributed by atoms with Crippen molar-refractivity contribution in [2.45, 2.75) is 12.0 Å². The van der Waals surface area contributed by atoms with E-state index in [4.69, 9.17) is 9.47 Å². The summed E-state index contributed by atoms with van der Waals surface area (Å²) in [6.45, 7) is 1.02. The highest BCUT2D eigenvalue weighted by molar-refractivity contribution is 5.91. The zero-order chi connectivity index (χ0) is 14.4. The molecule has 0 saturated carbocycles. The highest BCUT2D eigenvalue weighted by Crippen LogP contribution is 2.17. The monoisotopic (exact) mass is 277 g/mol. The molecule has 0 spiro atoms. The van der Waals surface area contributed by atoms with E-state index in [1.165, 1.54) is 6.08 Å². The van der Waals surface area contributed by atoms with Crippen molar-refractivity contribution >= 4 is 12.0 Å². The summed E-state index contributed by atoms with van der Waals surface area (Å²) in [7, 11) is 1.61. The minimum absolute atomic E-state index is 0.207. The molecule has 0 aromatic heterocycles. The lowest BCUT2D eigenvalue weighted by atomic mass is 10.0. The van der Waals surface area contributed by atoms with Crippen LogP contribution in [-0.4, -0.2) is 43.5 Å². The van der Waals surface area contributed by atoms with Gasteiger partial charge in [-0.15, -0.1) is 0 Å². The van der Waals surface area contributed by atoms with Crippen LogP contribution in [0.25, 0.3) is 6.08 Å². The maximum absolute atomic E-state index is 11.7. The lowest BCUT2D eigenvalue weighted by molar-refractivity contribution is -0.117. The summed E-state index contributed by atoms with van der Waals surface area (Å²) < 4.78 is 10.2. The third-order valence-electron chi connectivity index (χ3n) is 3.22. The second-order valence-corrected chi connectivity index (χ2v) is 4.85. The summed E-state index contributed by atoms with van der Waals surface area (Å²) in [4.78, 5) is 11.7. The van der Waals surface area contributed by atoms with Crippen LogP contribution in [0.4, 0.5) is 0 Å². The Balaban J connectivity index is 1.82. The number of nitrogens with one attached hydrogen (secondary N) is 1. The van der Waals surface area contributed by atoms with E-state index < -0.39 is 5.60 Å². The van der Waals surface area contributed by atoms with Crippen molar-refractivity contribution in [3.63, 3.8) is 0 Å². The third kappa shape index (κ3) is 4.08. The Morgan fingerprint density at radius 3 is 2.85 bits per heavy atom. The van der Waals surface area contributed by atoms with Gasteiger partial charge in [0.2, 0.25) is 5.91 Å². The molecule has 1 aliphatic heterocycles. The van der Waals surface area contributed by atoms with Crippen LogP contribution in [0.1, 0.15) is 12.0 Å². The molecule has 1 fully saturated rings. The average molecular weight is 277 g/mol. The van der Waals surface area contributed by atoms with Crippen LogP contribution in [0.2, 0.25) is 0 Å². The van der Waals surface area contributed by atoms with E-state index >= 15 is 0 Å². The van der Waals surface area contributed by atoms with Crippen LogP contribution in [0, 0.1) is 0 Å². The summed E-state index contributed by atoms with van der Waals surface area (Å²) in [5.74, 6) is 0.538. The van der Waals surface area contributed by atoms with E-state index in [1.807, 2.05) is 24.3 Å². The van der Waals surface area contributed by atoms with E-state index in [2.05, 4.69) is 5.32 Å². The van der Waals surface area contributed by atoms with Crippen molar-refractivity contribution in [1.29, 1.82) is 0 Å². The molecule has 1 aromatic carbocycles. The topological polar surface area (TPSA) is 67.8 Å². The van der Waals surface area contributed by atoms with Gasteiger partial charge >= 0.3 is 0 Å². The van der Waals surface area contributed by atoms with Crippen molar-refractivity contribution in [3.8, 4) is 5.75 Å². The maximum Gasteiger partial charge on any atom is 0.244 e. The molecule has 0 aliphatic carbocycles. The Morgan fingerprint density at radius 2 is 2.25 bits per heavy atom. The predicted octanol–water partition coefficient (Wildman–Crippen LogP) is 0.976. The van der Waals surface area contributed by atoms with E-state index in [9.17, 15) is 9.90 Å². The Morgan fingerprint density at radius 1 is 1.50 bits per heavy atom. The largest absolute Gasteiger partial charge is 0.497 e. The van der Waals surface area contributed by atoms with Gasteiger partial charge in [-0.05, 0) is 23.8 Å². The molecule has 1 unspecified atom stereocenters. The fourth-order valence-electron chi connectivity index (χ4n) is 1.93. The van der Waals surface area contributed by atoms with Crippen molar-refractivity contribution in [1.82, 2.24) is 5.32 Å². The Hall–Kier alpha value is -1.85. The molecule has 1 aromatic rings. The van der Waals surface area contributed by atoms with Crippen LogP contribution in [-0.2, 0) is 9.53 Å². The van der Waals surface area contributed by atoms with Gasteiger partial charge in [0.15, 0.2) is 0 Å². The van der Waals surface area contributed by atoms with E-state index in [1.54, 1.807) is 13.2 Å². The number of methoxy groups -OCH3 is 1. The number of rotatable bonds is 5. The zero-order valence-electron chi connectivity index (χ0n) is 11.5. The van der Waals surface area contributed by atoms with Gasteiger partial charge in [-0.3, -0.25) is 4.79 Å². The first kappa shape index (κ1) is 14.6. The number of hydrogen-bond acceptors (Lipinski definition) is 4. The van der Waals surface area contributed by atoms with Crippen molar-refractivity contribution < 1.29 is 19.4 Å². The second-order valence-electron chi connectivity index (χ2n) is 4.85. The lowest BCUT2D eigenvalue weighted by Gasteiger charge is -2.19. The van der Waals surface area contributed by atoms with Crippen LogP contribution >= 0.6 is 0 Å². The van der Waals surface area contributed by atoms with Gasteiger partial charge in [0.25, 0.3) is 0 Å².